The SMILES string of the molecule is N#CCSc1nnc2n(-c3ccccc3)c(=O)c3ccccc3n12. The van der Waals surface area contributed by atoms with Gasteiger partial charge in [0.15, 0.2) is 5.16 Å². The van der Waals surface area contributed by atoms with Crippen molar-refractivity contribution in [2.75, 3.05) is 5.75 Å². The average Bonchev–Trinajstić information content (AvgIpc) is 3.05. The van der Waals surface area contributed by atoms with E-state index in [-0.39, 0.29) is 11.3 Å². The molecule has 0 spiro atoms. The van der Waals surface area contributed by atoms with Crippen molar-refractivity contribution in [2.45, 2.75) is 5.16 Å². The summed E-state index contributed by atoms with van der Waals surface area (Å²) in [4.78, 5) is 13.0. The number of hydrogen-bond acceptors (Lipinski definition) is 5. The van der Waals surface area contributed by atoms with Gasteiger partial charge in [-0.1, -0.05) is 42.1 Å². The summed E-state index contributed by atoms with van der Waals surface area (Å²) in [6.07, 6.45) is 0. The van der Waals surface area contributed by atoms with E-state index in [1.807, 2.05) is 52.9 Å². The number of rotatable bonds is 3. The van der Waals surface area contributed by atoms with Crippen molar-refractivity contribution in [1.82, 2.24) is 19.2 Å². The predicted molar refractivity (Wildman–Crippen MR) is 92.4 cm³/mol. The molecule has 24 heavy (non-hydrogen) atoms. The summed E-state index contributed by atoms with van der Waals surface area (Å²) in [6, 6.07) is 18.8. The molecule has 6 nitrogen and oxygen atoms in total. The fourth-order valence-electron chi connectivity index (χ4n) is 2.68. The highest BCUT2D eigenvalue weighted by molar-refractivity contribution is 7.99. The van der Waals surface area contributed by atoms with Crippen LogP contribution in [0, 0.1) is 11.3 Å². The van der Waals surface area contributed by atoms with E-state index in [9.17, 15) is 4.79 Å². The lowest BCUT2D eigenvalue weighted by molar-refractivity contribution is 0.932. The first-order valence-electron chi connectivity index (χ1n) is 7.25. The molecule has 0 aliphatic heterocycles. The lowest BCUT2D eigenvalue weighted by Gasteiger charge is -2.10. The van der Waals surface area contributed by atoms with Gasteiger partial charge in [0.05, 0.1) is 28.4 Å². The van der Waals surface area contributed by atoms with Gasteiger partial charge in [0.2, 0.25) is 5.78 Å². The van der Waals surface area contributed by atoms with Gasteiger partial charge >= 0.3 is 0 Å². The van der Waals surface area contributed by atoms with Gasteiger partial charge in [0, 0.05) is 0 Å². The highest BCUT2D eigenvalue weighted by atomic mass is 32.2. The summed E-state index contributed by atoms with van der Waals surface area (Å²) in [5.41, 5.74) is 1.31. The molecule has 0 aliphatic rings. The van der Waals surface area contributed by atoms with Crippen molar-refractivity contribution in [3.05, 3.63) is 65.0 Å². The zero-order chi connectivity index (χ0) is 16.5. The molecule has 0 saturated heterocycles. The molecule has 2 aromatic carbocycles. The summed E-state index contributed by atoms with van der Waals surface area (Å²) in [5, 5.41) is 18.4. The molecule has 0 unspecified atom stereocenters. The van der Waals surface area contributed by atoms with Crippen LogP contribution >= 0.6 is 11.8 Å². The van der Waals surface area contributed by atoms with E-state index in [0.29, 0.717) is 16.3 Å². The number of nitrogens with zero attached hydrogens (tertiary/aromatic N) is 5. The minimum absolute atomic E-state index is 0.145. The standard InChI is InChI=1S/C17H11N5OS/c18-10-11-24-17-20-19-16-21(12-6-2-1-3-7-12)15(23)13-8-4-5-9-14(13)22(16)17/h1-9H,11H2. The Labute approximate surface area is 141 Å². The molecule has 0 aliphatic carbocycles. The second-order valence-corrected chi connectivity index (χ2v) is 6.00. The highest BCUT2D eigenvalue weighted by Gasteiger charge is 2.17. The molecule has 2 aromatic heterocycles. The molecule has 0 bridgehead atoms. The van der Waals surface area contributed by atoms with E-state index in [1.54, 1.807) is 10.6 Å². The molecule has 4 rings (SSSR count). The summed E-state index contributed by atoms with van der Waals surface area (Å²) < 4.78 is 3.37. The van der Waals surface area contributed by atoms with Crippen molar-refractivity contribution in [3.63, 3.8) is 0 Å². The fourth-order valence-corrected chi connectivity index (χ4v) is 3.28. The molecular weight excluding hydrogens is 322 g/mol. The first-order valence-corrected chi connectivity index (χ1v) is 8.24. The van der Waals surface area contributed by atoms with Gasteiger partial charge in [0.1, 0.15) is 0 Å². The van der Waals surface area contributed by atoms with Gasteiger partial charge in [-0.25, -0.2) is 4.57 Å². The Morgan fingerprint density at radius 3 is 2.58 bits per heavy atom. The van der Waals surface area contributed by atoms with Gasteiger partial charge in [-0.2, -0.15) is 5.26 Å². The van der Waals surface area contributed by atoms with Crippen LogP contribution in [0.4, 0.5) is 0 Å². The highest BCUT2D eigenvalue weighted by Crippen LogP contribution is 2.22. The lowest BCUT2D eigenvalue weighted by atomic mass is 10.2. The van der Waals surface area contributed by atoms with Gasteiger partial charge in [-0.05, 0) is 24.3 Å². The minimum Gasteiger partial charge on any atom is -0.268 e. The largest absolute Gasteiger partial charge is 0.268 e. The third-order valence-electron chi connectivity index (χ3n) is 3.67. The number of nitriles is 1. The van der Waals surface area contributed by atoms with Gasteiger partial charge in [-0.3, -0.25) is 9.20 Å². The summed E-state index contributed by atoms with van der Waals surface area (Å²) in [7, 11) is 0. The monoisotopic (exact) mass is 333 g/mol. The third kappa shape index (κ3) is 2.16. The maximum absolute atomic E-state index is 13.0. The number of para-hydroxylation sites is 2. The molecule has 0 amide bonds. The van der Waals surface area contributed by atoms with Crippen LogP contribution in [0.3, 0.4) is 0 Å². The van der Waals surface area contributed by atoms with Crippen LogP contribution in [0.25, 0.3) is 22.4 Å². The van der Waals surface area contributed by atoms with E-state index in [1.165, 1.54) is 11.8 Å². The van der Waals surface area contributed by atoms with Gasteiger partial charge in [-0.15, -0.1) is 10.2 Å². The molecule has 7 heteroatoms. The Kier molecular flexibility index (Phi) is 3.52. The number of aromatic nitrogens is 4. The number of thioether (sulfide) groups is 1. The Hall–Kier alpha value is -3.11. The van der Waals surface area contributed by atoms with Crippen LogP contribution in [0.15, 0.2) is 64.5 Å². The van der Waals surface area contributed by atoms with Crippen LogP contribution in [-0.4, -0.2) is 24.9 Å². The van der Waals surface area contributed by atoms with Crippen molar-refractivity contribution in [1.29, 1.82) is 5.26 Å². The van der Waals surface area contributed by atoms with Crippen molar-refractivity contribution < 1.29 is 0 Å². The van der Waals surface area contributed by atoms with Crippen molar-refractivity contribution >= 4 is 28.4 Å². The molecule has 0 fully saturated rings. The Balaban J connectivity index is 2.16. The first-order chi connectivity index (χ1) is 11.8. The van der Waals surface area contributed by atoms with Crippen LogP contribution in [0.2, 0.25) is 0 Å². The lowest BCUT2D eigenvalue weighted by Crippen LogP contribution is -2.21. The quantitative estimate of drug-likeness (QED) is 0.539. The maximum atomic E-state index is 13.0. The van der Waals surface area contributed by atoms with Gasteiger partial charge in [0.25, 0.3) is 5.56 Å². The minimum atomic E-state index is -0.145. The Bertz CT molecular complexity index is 1140. The third-order valence-corrected chi connectivity index (χ3v) is 4.47. The van der Waals surface area contributed by atoms with Crippen LogP contribution in [-0.2, 0) is 0 Å². The molecule has 116 valence electrons. The molecule has 0 atom stereocenters. The molecular formula is C17H11N5OS. The molecule has 2 heterocycles. The van der Waals surface area contributed by atoms with Crippen LogP contribution < -0.4 is 5.56 Å². The summed E-state index contributed by atoms with van der Waals surface area (Å²) in [6.45, 7) is 0. The van der Waals surface area contributed by atoms with E-state index >= 15 is 0 Å². The molecule has 0 radical (unpaired) electrons. The van der Waals surface area contributed by atoms with E-state index in [4.69, 9.17) is 5.26 Å². The van der Waals surface area contributed by atoms with Crippen molar-refractivity contribution in [3.8, 4) is 11.8 Å². The first kappa shape index (κ1) is 14.5. The normalized spacial score (nSPS) is 11.0. The zero-order valence-corrected chi connectivity index (χ0v) is 13.3. The number of benzene rings is 2. The molecule has 4 aromatic rings. The second-order valence-electron chi connectivity index (χ2n) is 5.06. The smallest absolute Gasteiger partial charge is 0.267 e. The van der Waals surface area contributed by atoms with Crippen molar-refractivity contribution in [2.24, 2.45) is 0 Å². The Morgan fingerprint density at radius 1 is 1.04 bits per heavy atom. The zero-order valence-electron chi connectivity index (χ0n) is 12.5. The van der Waals surface area contributed by atoms with E-state index in [0.717, 1.165) is 11.2 Å². The topological polar surface area (TPSA) is 76.0 Å². The van der Waals surface area contributed by atoms with Gasteiger partial charge < -0.3 is 0 Å². The average molecular weight is 333 g/mol. The number of hydrogen-bond donors (Lipinski definition) is 0. The number of fused-ring (bicyclic) bond motifs is 3. The summed E-state index contributed by atoms with van der Waals surface area (Å²) in [5.74, 6) is 0.699. The van der Waals surface area contributed by atoms with Crippen LogP contribution in [0.5, 0.6) is 0 Å². The van der Waals surface area contributed by atoms with E-state index in [2.05, 4.69) is 16.3 Å². The maximum Gasteiger partial charge on any atom is 0.267 e. The molecule has 0 N–H and O–H groups in total. The summed E-state index contributed by atoms with van der Waals surface area (Å²) >= 11 is 1.29. The fraction of sp³-hybridized carbons (Fsp3) is 0.0588. The Morgan fingerprint density at radius 2 is 1.79 bits per heavy atom. The van der Waals surface area contributed by atoms with E-state index < -0.39 is 0 Å². The second kappa shape index (κ2) is 5.83. The van der Waals surface area contributed by atoms with Crippen LogP contribution in [0.1, 0.15) is 0 Å². The molecule has 0 saturated carbocycles. The predicted octanol–water partition coefficient (Wildman–Crippen LogP) is 2.65.